The Morgan fingerprint density at radius 2 is 1.63 bits per heavy atom. The molecule has 4 aromatic rings. The first-order valence-corrected chi connectivity index (χ1v) is 16.2. The number of para-hydroxylation sites is 1. The van der Waals surface area contributed by atoms with E-state index >= 15 is 0 Å². The van der Waals surface area contributed by atoms with Crippen LogP contribution in [0.4, 0.5) is 0 Å². The summed E-state index contributed by atoms with van der Waals surface area (Å²) in [6, 6.07) is 24.4. The number of benzene rings is 3. The first-order valence-electron chi connectivity index (χ1n) is 16.2. The standard InChI is InChI=1S/C38H45NO4/c1-3-5-15-36(30-18-16-29(17-19-30)28-11-7-6-8-12-28)43-32-22-20-31(21-23-32)37(40)34-26-39(25-24-27(4-2)38(41)42)35-14-10-9-13-33(34)35/h9-10,13-14,16-23,26-28,36H,3-8,11-12,15,24-25H2,1-2H3,(H,41,42). The van der Waals surface area contributed by atoms with E-state index in [1.54, 1.807) is 0 Å². The van der Waals surface area contributed by atoms with E-state index in [1.165, 1.54) is 43.2 Å². The molecular formula is C38H45NO4. The first kappa shape index (κ1) is 30.6. The van der Waals surface area contributed by atoms with Crippen LogP contribution >= 0.6 is 0 Å². The van der Waals surface area contributed by atoms with Crippen LogP contribution < -0.4 is 4.74 Å². The van der Waals surface area contributed by atoms with E-state index in [0.717, 1.165) is 35.9 Å². The number of carbonyl (C=O) groups is 2. The van der Waals surface area contributed by atoms with Crippen LogP contribution in [0.25, 0.3) is 10.9 Å². The topological polar surface area (TPSA) is 68.5 Å². The zero-order chi connectivity index (χ0) is 30.2. The van der Waals surface area contributed by atoms with E-state index in [-0.39, 0.29) is 11.9 Å². The second-order valence-corrected chi connectivity index (χ2v) is 12.1. The van der Waals surface area contributed by atoms with E-state index in [4.69, 9.17) is 4.74 Å². The number of carbonyl (C=O) groups excluding carboxylic acids is 1. The lowest BCUT2D eigenvalue weighted by Crippen LogP contribution is -2.15. The number of rotatable bonds is 14. The van der Waals surface area contributed by atoms with Gasteiger partial charge in [-0.1, -0.05) is 82.0 Å². The fourth-order valence-electron chi connectivity index (χ4n) is 6.52. The largest absolute Gasteiger partial charge is 0.486 e. The highest BCUT2D eigenvalue weighted by molar-refractivity contribution is 6.16. The number of nitrogens with zero attached hydrogens (tertiary/aromatic N) is 1. The molecule has 1 fully saturated rings. The number of aryl methyl sites for hydroxylation is 1. The van der Waals surface area contributed by atoms with Crippen molar-refractivity contribution in [2.45, 2.75) is 96.6 Å². The summed E-state index contributed by atoms with van der Waals surface area (Å²) in [5.74, 6) is 0.230. The molecule has 0 spiro atoms. The Morgan fingerprint density at radius 3 is 2.30 bits per heavy atom. The van der Waals surface area contributed by atoms with Gasteiger partial charge in [-0.2, -0.15) is 0 Å². The lowest BCUT2D eigenvalue weighted by molar-refractivity contribution is -0.142. The van der Waals surface area contributed by atoms with Gasteiger partial charge in [-0.25, -0.2) is 0 Å². The first-order chi connectivity index (χ1) is 21.0. The lowest BCUT2D eigenvalue weighted by atomic mass is 9.83. The smallest absolute Gasteiger partial charge is 0.306 e. The maximum atomic E-state index is 13.7. The highest BCUT2D eigenvalue weighted by atomic mass is 16.5. The Balaban J connectivity index is 1.31. The van der Waals surface area contributed by atoms with Gasteiger partial charge in [-0.3, -0.25) is 9.59 Å². The van der Waals surface area contributed by atoms with Crippen LogP contribution in [0, 0.1) is 5.92 Å². The minimum absolute atomic E-state index is 0.0300. The van der Waals surface area contributed by atoms with Crippen molar-refractivity contribution in [2.75, 3.05) is 0 Å². The van der Waals surface area contributed by atoms with E-state index in [0.29, 0.717) is 36.4 Å². The highest BCUT2D eigenvalue weighted by Gasteiger charge is 2.21. The van der Waals surface area contributed by atoms with Gasteiger partial charge < -0.3 is 14.4 Å². The number of carboxylic acid groups (broad SMARTS) is 1. The zero-order valence-electron chi connectivity index (χ0n) is 25.6. The number of ketones is 1. The third-order valence-electron chi connectivity index (χ3n) is 9.19. The van der Waals surface area contributed by atoms with Crippen molar-refractivity contribution in [3.63, 3.8) is 0 Å². The van der Waals surface area contributed by atoms with Crippen molar-refractivity contribution < 1.29 is 19.4 Å². The molecule has 0 bridgehead atoms. The SMILES string of the molecule is CCCCC(Oc1ccc(C(=O)c2cn(CCC(CC)C(=O)O)c3ccccc23)cc1)c1ccc(C2CCCCC2)cc1. The van der Waals surface area contributed by atoms with E-state index in [1.807, 2.05) is 66.2 Å². The molecule has 0 radical (unpaired) electrons. The summed E-state index contributed by atoms with van der Waals surface area (Å²) in [6.07, 6.45) is 12.7. The number of unbranched alkanes of at least 4 members (excludes halogenated alkanes) is 1. The number of aliphatic carboxylic acids is 1. The summed E-state index contributed by atoms with van der Waals surface area (Å²) in [5, 5.41) is 10.4. The van der Waals surface area contributed by atoms with Gasteiger partial charge in [0.05, 0.1) is 5.92 Å². The lowest BCUT2D eigenvalue weighted by Gasteiger charge is -2.23. The Hall–Kier alpha value is -3.86. The van der Waals surface area contributed by atoms with Gasteiger partial charge in [0.25, 0.3) is 0 Å². The van der Waals surface area contributed by atoms with Crippen molar-refractivity contribution >= 4 is 22.7 Å². The van der Waals surface area contributed by atoms with Crippen LogP contribution in [-0.2, 0) is 11.3 Å². The van der Waals surface area contributed by atoms with Gasteiger partial charge >= 0.3 is 5.97 Å². The van der Waals surface area contributed by atoms with Crippen molar-refractivity contribution in [1.82, 2.24) is 4.57 Å². The molecule has 2 unspecified atom stereocenters. The van der Waals surface area contributed by atoms with Gasteiger partial charge in [0, 0.05) is 34.8 Å². The molecule has 2 atom stereocenters. The number of carboxylic acids is 1. The van der Waals surface area contributed by atoms with Crippen LogP contribution in [0.2, 0.25) is 0 Å². The van der Waals surface area contributed by atoms with E-state index in [9.17, 15) is 14.7 Å². The molecule has 5 heteroatoms. The maximum Gasteiger partial charge on any atom is 0.306 e. The number of hydrogen-bond donors (Lipinski definition) is 1. The quantitative estimate of drug-likeness (QED) is 0.151. The predicted molar refractivity (Wildman–Crippen MR) is 173 cm³/mol. The molecule has 1 heterocycles. The van der Waals surface area contributed by atoms with Crippen molar-refractivity contribution in [3.05, 3.63) is 101 Å². The molecule has 1 saturated carbocycles. The van der Waals surface area contributed by atoms with Crippen molar-refractivity contribution in [3.8, 4) is 5.75 Å². The molecule has 1 N–H and O–H groups in total. The zero-order valence-corrected chi connectivity index (χ0v) is 25.6. The highest BCUT2D eigenvalue weighted by Crippen LogP contribution is 2.34. The third-order valence-corrected chi connectivity index (χ3v) is 9.19. The second-order valence-electron chi connectivity index (χ2n) is 12.1. The van der Waals surface area contributed by atoms with E-state index in [2.05, 4.69) is 31.2 Å². The van der Waals surface area contributed by atoms with Crippen molar-refractivity contribution in [1.29, 1.82) is 0 Å². The summed E-state index contributed by atoms with van der Waals surface area (Å²) in [4.78, 5) is 25.2. The number of fused-ring (bicyclic) bond motifs is 1. The fraction of sp³-hybridized carbons (Fsp3) is 0.421. The molecule has 1 aromatic heterocycles. The summed E-state index contributed by atoms with van der Waals surface area (Å²) >= 11 is 0. The molecule has 43 heavy (non-hydrogen) atoms. The third kappa shape index (κ3) is 7.38. The Morgan fingerprint density at radius 1 is 0.907 bits per heavy atom. The molecule has 3 aromatic carbocycles. The molecule has 5 rings (SSSR count). The Labute approximate surface area is 255 Å². The van der Waals surface area contributed by atoms with Gasteiger partial charge in [-0.05, 0) is 85.9 Å². The summed E-state index contributed by atoms with van der Waals surface area (Å²) in [7, 11) is 0. The second kappa shape index (κ2) is 14.5. The van der Waals surface area contributed by atoms with E-state index < -0.39 is 11.9 Å². The summed E-state index contributed by atoms with van der Waals surface area (Å²) < 4.78 is 8.54. The summed E-state index contributed by atoms with van der Waals surface area (Å²) in [6.45, 7) is 4.65. The Kier molecular flexibility index (Phi) is 10.3. The van der Waals surface area contributed by atoms with Crippen LogP contribution in [0.1, 0.15) is 117 Å². The van der Waals surface area contributed by atoms with Gasteiger partial charge in [0.15, 0.2) is 5.78 Å². The number of ether oxygens (including phenoxy) is 1. The molecule has 0 aliphatic heterocycles. The molecule has 226 valence electrons. The van der Waals surface area contributed by atoms with Gasteiger partial charge in [0.2, 0.25) is 0 Å². The van der Waals surface area contributed by atoms with Gasteiger partial charge in [0.1, 0.15) is 11.9 Å². The van der Waals surface area contributed by atoms with Crippen LogP contribution in [0.3, 0.4) is 0 Å². The van der Waals surface area contributed by atoms with Crippen molar-refractivity contribution in [2.24, 2.45) is 5.92 Å². The summed E-state index contributed by atoms with van der Waals surface area (Å²) in [5.41, 5.74) is 4.84. The molecule has 0 amide bonds. The van der Waals surface area contributed by atoms with Gasteiger partial charge in [-0.15, -0.1) is 0 Å². The minimum atomic E-state index is -0.772. The van der Waals surface area contributed by atoms with Crippen LogP contribution in [0.15, 0.2) is 79.0 Å². The molecule has 0 saturated heterocycles. The average Bonchev–Trinajstić information content (AvgIpc) is 3.42. The normalized spacial score (nSPS) is 15.3. The maximum absolute atomic E-state index is 13.7. The number of aromatic nitrogens is 1. The van der Waals surface area contributed by atoms with Crippen LogP contribution in [-0.4, -0.2) is 21.4 Å². The minimum Gasteiger partial charge on any atom is -0.486 e. The fourth-order valence-corrected chi connectivity index (χ4v) is 6.52. The molecule has 1 aliphatic carbocycles. The molecule has 1 aliphatic rings. The molecule has 5 nitrogen and oxygen atoms in total. The Bertz CT molecular complexity index is 1500. The average molecular weight is 580 g/mol. The monoisotopic (exact) mass is 579 g/mol. The predicted octanol–water partition coefficient (Wildman–Crippen LogP) is 9.73. The van der Waals surface area contributed by atoms with Crippen LogP contribution in [0.5, 0.6) is 5.75 Å². The molecular weight excluding hydrogens is 534 g/mol. The number of hydrogen-bond acceptors (Lipinski definition) is 3.